The van der Waals surface area contributed by atoms with Crippen molar-refractivity contribution in [2.45, 2.75) is 26.3 Å². The van der Waals surface area contributed by atoms with E-state index in [1.165, 1.54) is 0 Å². The van der Waals surface area contributed by atoms with Crippen molar-refractivity contribution in [3.8, 4) is 0 Å². The van der Waals surface area contributed by atoms with Gasteiger partial charge in [0.15, 0.2) is 5.84 Å². The molecule has 1 fully saturated rings. The molecule has 3 heterocycles. The summed E-state index contributed by atoms with van der Waals surface area (Å²) in [5.74, 6) is 1.65. The van der Waals surface area contributed by atoms with Crippen LogP contribution in [0.15, 0.2) is 59.7 Å². The Hall–Kier alpha value is -3.21. The van der Waals surface area contributed by atoms with Crippen molar-refractivity contribution in [1.29, 1.82) is 0 Å². The molecule has 0 radical (unpaired) electrons. The Kier molecular flexibility index (Phi) is 4.51. The van der Waals surface area contributed by atoms with Gasteiger partial charge in [-0.3, -0.25) is 14.8 Å². The van der Waals surface area contributed by atoms with Gasteiger partial charge in [0.25, 0.3) is 5.91 Å². The summed E-state index contributed by atoms with van der Waals surface area (Å²) >= 11 is 0. The van der Waals surface area contributed by atoms with Crippen LogP contribution in [0.4, 0.5) is 5.69 Å². The number of nitrogens with one attached hydrogen (secondary N) is 1. The SMILES string of the molecule is CC1CCN(C(=O)c2cccc3cc(NC4=NCc5cccnc54)ccc23)CC1. The van der Waals surface area contributed by atoms with Crippen LogP contribution in [0.1, 0.15) is 41.4 Å². The number of aromatic nitrogens is 1. The molecule has 5 rings (SSSR count). The molecule has 1 N–H and O–H groups in total. The first-order valence-electron chi connectivity index (χ1n) is 10.3. The van der Waals surface area contributed by atoms with Gasteiger partial charge in [-0.25, -0.2) is 0 Å². The number of anilines is 1. The van der Waals surface area contributed by atoms with Crippen LogP contribution >= 0.6 is 0 Å². The number of pyridine rings is 1. The molecule has 2 aliphatic rings. The third kappa shape index (κ3) is 3.37. The average molecular weight is 384 g/mol. The van der Waals surface area contributed by atoms with Crippen molar-refractivity contribution in [2.75, 3.05) is 18.4 Å². The van der Waals surface area contributed by atoms with E-state index in [4.69, 9.17) is 0 Å². The maximum absolute atomic E-state index is 13.1. The monoisotopic (exact) mass is 384 g/mol. The molecule has 5 heteroatoms. The lowest BCUT2D eigenvalue weighted by Gasteiger charge is -2.30. The molecule has 146 valence electrons. The van der Waals surface area contributed by atoms with E-state index in [1.54, 1.807) is 6.20 Å². The highest BCUT2D eigenvalue weighted by Gasteiger charge is 2.23. The van der Waals surface area contributed by atoms with Gasteiger partial charge in [0.1, 0.15) is 5.69 Å². The number of amidine groups is 1. The van der Waals surface area contributed by atoms with Crippen LogP contribution in [0.3, 0.4) is 0 Å². The highest BCUT2D eigenvalue weighted by Crippen LogP contribution is 2.26. The fraction of sp³-hybridized carbons (Fsp3) is 0.292. The topological polar surface area (TPSA) is 57.6 Å². The van der Waals surface area contributed by atoms with Gasteiger partial charge in [0, 0.05) is 36.1 Å². The molecule has 5 nitrogen and oxygen atoms in total. The summed E-state index contributed by atoms with van der Waals surface area (Å²) in [6.07, 6.45) is 3.96. The number of benzene rings is 2. The molecular weight excluding hydrogens is 360 g/mol. The molecule has 0 spiro atoms. The van der Waals surface area contributed by atoms with E-state index in [0.717, 1.165) is 65.0 Å². The lowest BCUT2D eigenvalue weighted by atomic mass is 9.97. The van der Waals surface area contributed by atoms with E-state index in [9.17, 15) is 4.79 Å². The normalized spacial score (nSPS) is 16.6. The molecule has 1 saturated heterocycles. The third-order valence-electron chi connectivity index (χ3n) is 5.97. The van der Waals surface area contributed by atoms with Gasteiger partial charge in [-0.15, -0.1) is 0 Å². The number of amides is 1. The van der Waals surface area contributed by atoms with Gasteiger partial charge >= 0.3 is 0 Å². The van der Waals surface area contributed by atoms with Crippen LogP contribution < -0.4 is 5.32 Å². The summed E-state index contributed by atoms with van der Waals surface area (Å²) in [5, 5.41) is 5.44. The van der Waals surface area contributed by atoms with Gasteiger partial charge in [-0.1, -0.05) is 31.2 Å². The number of rotatable bonds is 2. The Morgan fingerprint density at radius 3 is 2.83 bits per heavy atom. The zero-order chi connectivity index (χ0) is 19.8. The Labute approximate surface area is 170 Å². The second-order valence-corrected chi connectivity index (χ2v) is 8.02. The fourth-order valence-corrected chi connectivity index (χ4v) is 4.18. The van der Waals surface area contributed by atoms with E-state index < -0.39 is 0 Å². The van der Waals surface area contributed by atoms with Crippen LogP contribution in [0.5, 0.6) is 0 Å². The maximum atomic E-state index is 13.1. The van der Waals surface area contributed by atoms with Crippen molar-refractivity contribution < 1.29 is 4.79 Å². The molecule has 1 aromatic heterocycles. The number of fused-ring (bicyclic) bond motifs is 2. The highest BCUT2D eigenvalue weighted by molar-refractivity contribution is 6.11. The molecule has 0 bridgehead atoms. The smallest absolute Gasteiger partial charge is 0.254 e. The molecule has 29 heavy (non-hydrogen) atoms. The Balaban J connectivity index is 1.41. The van der Waals surface area contributed by atoms with Crippen LogP contribution in [-0.4, -0.2) is 34.7 Å². The molecule has 1 amide bonds. The van der Waals surface area contributed by atoms with Crippen molar-refractivity contribution in [3.63, 3.8) is 0 Å². The second kappa shape index (κ2) is 7.32. The largest absolute Gasteiger partial charge is 0.339 e. The van der Waals surface area contributed by atoms with Crippen LogP contribution in [0.2, 0.25) is 0 Å². The van der Waals surface area contributed by atoms with Gasteiger partial charge < -0.3 is 10.2 Å². The van der Waals surface area contributed by atoms with Gasteiger partial charge in [-0.05, 0) is 53.8 Å². The number of nitrogens with zero attached hydrogens (tertiary/aromatic N) is 3. The molecular formula is C24H24N4O. The number of aliphatic imine (C=N–C) groups is 1. The zero-order valence-corrected chi connectivity index (χ0v) is 16.6. The van der Waals surface area contributed by atoms with E-state index in [-0.39, 0.29) is 5.91 Å². The summed E-state index contributed by atoms with van der Waals surface area (Å²) in [5.41, 5.74) is 3.79. The number of likely N-dealkylation sites (tertiary alicyclic amines) is 1. The number of carbonyl (C=O) groups is 1. The van der Waals surface area contributed by atoms with Gasteiger partial charge in [-0.2, -0.15) is 0 Å². The van der Waals surface area contributed by atoms with Gasteiger partial charge in [0.05, 0.1) is 6.54 Å². The van der Waals surface area contributed by atoms with Crippen molar-refractivity contribution >= 4 is 28.2 Å². The minimum Gasteiger partial charge on any atom is -0.339 e. The molecule has 0 unspecified atom stereocenters. The van der Waals surface area contributed by atoms with Crippen molar-refractivity contribution in [2.24, 2.45) is 10.9 Å². The van der Waals surface area contributed by atoms with Crippen LogP contribution in [0, 0.1) is 5.92 Å². The lowest BCUT2D eigenvalue weighted by Crippen LogP contribution is -2.37. The number of hydrogen-bond acceptors (Lipinski definition) is 4. The minimum atomic E-state index is 0.140. The van der Waals surface area contributed by atoms with E-state index in [1.807, 2.05) is 35.2 Å². The summed E-state index contributed by atoms with van der Waals surface area (Å²) in [4.78, 5) is 24.1. The molecule has 2 aliphatic heterocycles. The van der Waals surface area contributed by atoms with E-state index in [2.05, 4.69) is 40.4 Å². The van der Waals surface area contributed by atoms with E-state index in [0.29, 0.717) is 12.5 Å². The third-order valence-corrected chi connectivity index (χ3v) is 5.97. The number of carbonyl (C=O) groups excluding carboxylic acids is 1. The Bertz CT molecular complexity index is 1110. The molecule has 2 aromatic carbocycles. The number of hydrogen-bond donors (Lipinski definition) is 1. The van der Waals surface area contributed by atoms with Crippen molar-refractivity contribution in [3.05, 3.63) is 71.5 Å². The van der Waals surface area contributed by atoms with E-state index >= 15 is 0 Å². The standard InChI is InChI=1S/C24H24N4O/c1-16-9-12-28(13-10-16)24(29)21-6-2-4-17-14-19(7-8-20(17)21)27-23-22-18(15-26-23)5-3-11-25-22/h2-8,11,14,16H,9-10,12-13,15H2,1H3,(H,26,27). The molecule has 3 aromatic rings. The predicted molar refractivity (Wildman–Crippen MR) is 116 cm³/mol. The first-order chi connectivity index (χ1) is 14.2. The lowest BCUT2D eigenvalue weighted by molar-refractivity contribution is 0.0699. The number of piperidine rings is 1. The average Bonchev–Trinajstić information content (AvgIpc) is 3.16. The fourth-order valence-electron chi connectivity index (χ4n) is 4.18. The summed E-state index contributed by atoms with van der Waals surface area (Å²) in [6, 6.07) is 16.1. The molecule has 0 aliphatic carbocycles. The molecule has 0 saturated carbocycles. The quantitative estimate of drug-likeness (QED) is 0.709. The van der Waals surface area contributed by atoms with Crippen LogP contribution in [0.25, 0.3) is 10.8 Å². The first-order valence-corrected chi connectivity index (χ1v) is 10.3. The minimum absolute atomic E-state index is 0.140. The highest BCUT2D eigenvalue weighted by atomic mass is 16.2. The Morgan fingerprint density at radius 1 is 1.10 bits per heavy atom. The predicted octanol–water partition coefficient (Wildman–Crippen LogP) is 4.48. The van der Waals surface area contributed by atoms with Crippen LogP contribution in [-0.2, 0) is 6.54 Å². The Morgan fingerprint density at radius 2 is 1.97 bits per heavy atom. The van der Waals surface area contributed by atoms with Crippen molar-refractivity contribution in [1.82, 2.24) is 9.88 Å². The van der Waals surface area contributed by atoms with Gasteiger partial charge in [0.2, 0.25) is 0 Å². The first kappa shape index (κ1) is 17.9. The molecule has 0 atom stereocenters. The summed E-state index contributed by atoms with van der Waals surface area (Å²) in [6.45, 7) is 4.62. The zero-order valence-electron chi connectivity index (χ0n) is 16.6. The second-order valence-electron chi connectivity index (χ2n) is 8.02. The maximum Gasteiger partial charge on any atom is 0.254 e. The summed E-state index contributed by atoms with van der Waals surface area (Å²) in [7, 11) is 0. The summed E-state index contributed by atoms with van der Waals surface area (Å²) < 4.78 is 0.